The van der Waals surface area contributed by atoms with Crippen LogP contribution in [-0.2, 0) is 36.3 Å². The van der Waals surface area contributed by atoms with Gasteiger partial charge in [0.2, 0.25) is 0 Å². The van der Waals surface area contributed by atoms with Gasteiger partial charge in [0.25, 0.3) is 6.43 Å². The van der Waals surface area contributed by atoms with Crippen LogP contribution in [0, 0.1) is 0 Å². The molecule has 1 aliphatic heterocycles. The van der Waals surface area contributed by atoms with Crippen LogP contribution in [0.3, 0.4) is 0 Å². The van der Waals surface area contributed by atoms with Gasteiger partial charge in [-0.15, -0.1) is 9.20 Å². The Balaban J connectivity index is 1.80. The Morgan fingerprint density at radius 1 is 1.26 bits per heavy atom. The average Bonchev–Trinajstić information content (AvgIpc) is 3.27. The number of ether oxygens (including phenoxy) is 1. The van der Waals surface area contributed by atoms with Gasteiger partial charge in [-0.3, -0.25) is 9.46 Å². The maximum atomic E-state index is 14.0. The number of nitrogens with two attached hydrogens (primary N) is 1. The van der Waals surface area contributed by atoms with Crippen molar-refractivity contribution in [2.24, 2.45) is 0 Å². The van der Waals surface area contributed by atoms with Crippen molar-refractivity contribution in [2.45, 2.75) is 30.5 Å². The van der Waals surface area contributed by atoms with Crippen molar-refractivity contribution in [3.63, 3.8) is 0 Å². The summed E-state index contributed by atoms with van der Waals surface area (Å²) in [5.41, 5.74) is 2.63. The van der Waals surface area contributed by atoms with E-state index in [1.807, 2.05) is 0 Å². The summed E-state index contributed by atoms with van der Waals surface area (Å²) in [6, 6.07) is 0. The van der Waals surface area contributed by atoms with Crippen LogP contribution < -0.4 is 5.73 Å². The Morgan fingerprint density at radius 3 is 2.56 bits per heavy atom. The van der Waals surface area contributed by atoms with E-state index < -0.39 is 61.0 Å². The van der Waals surface area contributed by atoms with Crippen molar-refractivity contribution < 1.29 is 70.3 Å². The molecule has 2 aromatic rings. The molecule has 190 valence electrons. The van der Waals surface area contributed by atoms with Crippen LogP contribution in [0.15, 0.2) is 12.7 Å². The Labute approximate surface area is 186 Å². The van der Waals surface area contributed by atoms with Gasteiger partial charge in [0.1, 0.15) is 37.0 Å². The van der Waals surface area contributed by atoms with Crippen LogP contribution in [0.1, 0.15) is 6.23 Å². The lowest BCUT2D eigenvalue weighted by atomic mass is 9.96. The number of hydrogen-bond donors (Lipinski definition) is 6. The molecular formula is C11H15F2N5O13P3+. The summed E-state index contributed by atoms with van der Waals surface area (Å²) in [7, 11) is -15.1. The number of imidazole rings is 1. The molecule has 3 heterocycles. The van der Waals surface area contributed by atoms with Crippen LogP contribution in [0.2, 0.25) is 0 Å². The quantitative estimate of drug-likeness (QED) is 0.128. The topological polar surface area (TPSA) is 268 Å². The number of nitrogen functional groups attached to an aromatic ring is 1. The smallest absolute Gasteiger partial charge is 0.387 e. The molecule has 0 bridgehead atoms. The van der Waals surface area contributed by atoms with Crippen molar-refractivity contribution in [1.82, 2.24) is 19.5 Å². The largest absolute Gasteiger partial charge is 0.708 e. The van der Waals surface area contributed by atoms with Crippen LogP contribution in [0.25, 0.3) is 11.2 Å². The van der Waals surface area contributed by atoms with Gasteiger partial charge in [-0.05, 0) is 4.31 Å². The molecule has 1 fully saturated rings. The predicted octanol–water partition coefficient (Wildman–Crippen LogP) is 0.0606. The SMILES string of the molecule is Nc1ncnc2ncn([C@@H]3O[C@@](CO[P+](=O)OP(=O)(O)OP(=O)(O)OO)(C(F)F)[C@@H](O)[C@H]3O)c12. The highest BCUT2D eigenvalue weighted by Crippen LogP contribution is 2.63. The molecule has 0 radical (unpaired) electrons. The van der Waals surface area contributed by atoms with E-state index in [4.69, 9.17) is 20.6 Å². The zero-order valence-electron chi connectivity index (χ0n) is 16.1. The minimum Gasteiger partial charge on any atom is -0.387 e. The maximum Gasteiger partial charge on any atom is 0.708 e. The highest BCUT2D eigenvalue weighted by Gasteiger charge is 2.62. The van der Waals surface area contributed by atoms with Gasteiger partial charge in [-0.1, -0.05) is 0 Å². The van der Waals surface area contributed by atoms with E-state index in [1.54, 1.807) is 0 Å². The summed E-state index contributed by atoms with van der Waals surface area (Å²) in [6.07, 6.45) is -7.72. The summed E-state index contributed by atoms with van der Waals surface area (Å²) in [6.45, 7) is -1.50. The minimum atomic E-state index is -5.69. The number of anilines is 1. The van der Waals surface area contributed by atoms with Gasteiger partial charge < -0.3 is 25.6 Å². The first-order chi connectivity index (χ1) is 15.7. The number of aliphatic hydroxyl groups is 2. The van der Waals surface area contributed by atoms with Crippen molar-refractivity contribution in [3.8, 4) is 0 Å². The molecule has 0 aromatic carbocycles. The molecular weight excluding hydrogens is 541 g/mol. The first-order valence-electron chi connectivity index (χ1n) is 8.48. The molecule has 23 heteroatoms. The normalized spacial score (nSPS) is 29.3. The fourth-order valence-corrected chi connectivity index (χ4v) is 5.63. The number of rotatable bonds is 10. The fourth-order valence-electron chi connectivity index (χ4n) is 2.91. The summed E-state index contributed by atoms with van der Waals surface area (Å²) in [5.74, 6) is -0.165. The van der Waals surface area contributed by atoms with Gasteiger partial charge in [0.15, 0.2) is 23.3 Å². The van der Waals surface area contributed by atoms with Crippen molar-refractivity contribution in [2.75, 3.05) is 12.3 Å². The Hall–Kier alpha value is -1.63. The Bertz CT molecular complexity index is 1170. The number of aliphatic hydroxyl groups excluding tert-OH is 2. The summed E-state index contributed by atoms with van der Waals surface area (Å²) in [4.78, 5) is 29.4. The summed E-state index contributed by atoms with van der Waals surface area (Å²) < 4.78 is 83.0. The molecule has 0 spiro atoms. The first kappa shape index (κ1) is 27.0. The molecule has 0 saturated carbocycles. The second-order valence-corrected chi connectivity index (χ2v) is 10.5. The molecule has 1 saturated heterocycles. The third-order valence-corrected chi connectivity index (χ3v) is 7.92. The molecule has 2 aromatic heterocycles. The minimum absolute atomic E-state index is 0.00629. The maximum absolute atomic E-state index is 14.0. The molecule has 0 amide bonds. The van der Waals surface area contributed by atoms with Gasteiger partial charge in [0.05, 0.1) is 0 Å². The molecule has 18 nitrogen and oxygen atoms in total. The zero-order chi connectivity index (χ0) is 25.5. The van der Waals surface area contributed by atoms with E-state index in [1.165, 1.54) is 0 Å². The standard InChI is InChI=1S/C11H14F2N5O13P3/c12-10(13)11(1-27-32(22)30-34(25,26)31-33(23,24)29-21)6(20)5(19)9(28-11)18-3-17-8-4(18)7(14)15-2-16-8/h2-3,5-6,9-10,19-20H,1H2,(H4-,14,15,16,21,23,24,25,26)/p+1/t5-,6+,9-,11-/m1/s1. The zero-order valence-corrected chi connectivity index (χ0v) is 18.8. The number of nitrogens with zero attached hydrogens (tertiary/aromatic N) is 4. The van der Waals surface area contributed by atoms with Gasteiger partial charge >= 0.3 is 23.9 Å². The Kier molecular flexibility index (Phi) is 7.76. The molecule has 1 aliphatic rings. The lowest BCUT2D eigenvalue weighted by Gasteiger charge is -2.28. The van der Waals surface area contributed by atoms with Gasteiger partial charge in [-0.2, -0.15) is 4.31 Å². The molecule has 34 heavy (non-hydrogen) atoms. The fraction of sp³-hybridized carbons (Fsp3) is 0.545. The lowest BCUT2D eigenvalue weighted by Crippen LogP contribution is -2.52. The van der Waals surface area contributed by atoms with Crippen LogP contribution in [-0.4, -0.2) is 75.6 Å². The number of halogens is 2. The highest BCUT2D eigenvalue weighted by molar-refractivity contribution is 7.64. The molecule has 7 N–H and O–H groups in total. The average molecular weight is 556 g/mol. The van der Waals surface area contributed by atoms with E-state index >= 15 is 0 Å². The number of phosphoric acid groups is 2. The van der Waals surface area contributed by atoms with Crippen LogP contribution in [0.4, 0.5) is 14.6 Å². The molecule has 3 rings (SSSR count). The second kappa shape index (κ2) is 9.79. The number of alkyl halides is 2. The summed E-state index contributed by atoms with van der Waals surface area (Å²) in [5, 5.41) is 28.8. The van der Waals surface area contributed by atoms with Gasteiger partial charge in [-0.25, -0.2) is 38.1 Å². The Morgan fingerprint density at radius 2 is 1.94 bits per heavy atom. The lowest BCUT2D eigenvalue weighted by molar-refractivity contribution is -0.191. The monoisotopic (exact) mass is 556 g/mol. The highest BCUT2D eigenvalue weighted by atomic mass is 31.3. The second-order valence-electron chi connectivity index (χ2n) is 6.46. The van der Waals surface area contributed by atoms with E-state index in [9.17, 15) is 37.6 Å². The van der Waals surface area contributed by atoms with E-state index in [0.717, 1.165) is 17.2 Å². The van der Waals surface area contributed by atoms with E-state index in [2.05, 4.69) is 32.8 Å². The number of aromatic nitrogens is 4. The van der Waals surface area contributed by atoms with E-state index in [-0.39, 0.29) is 17.0 Å². The van der Waals surface area contributed by atoms with Gasteiger partial charge in [0, 0.05) is 4.57 Å². The van der Waals surface area contributed by atoms with Crippen LogP contribution in [0.5, 0.6) is 0 Å². The number of fused-ring (bicyclic) bond motifs is 1. The van der Waals surface area contributed by atoms with Crippen LogP contribution >= 0.6 is 23.9 Å². The van der Waals surface area contributed by atoms with E-state index in [0.29, 0.717) is 0 Å². The molecule has 7 atom stereocenters. The van der Waals surface area contributed by atoms with Crippen molar-refractivity contribution >= 4 is 40.9 Å². The predicted molar refractivity (Wildman–Crippen MR) is 99.7 cm³/mol. The third kappa shape index (κ3) is 5.29. The first-order valence-corrected chi connectivity index (χ1v) is 12.6. The van der Waals surface area contributed by atoms with Crippen molar-refractivity contribution in [3.05, 3.63) is 12.7 Å². The molecule has 3 unspecified atom stereocenters. The van der Waals surface area contributed by atoms with Crippen molar-refractivity contribution in [1.29, 1.82) is 0 Å². The third-order valence-electron chi connectivity index (χ3n) is 4.37. The molecule has 0 aliphatic carbocycles. The number of hydrogen-bond acceptors (Lipinski definition) is 15. The summed E-state index contributed by atoms with van der Waals surface area (Å²) >= 11 is 0.